The highest BCUT2D eigenvalue weighted by molar-refractivity contribution is 5.84. The third-order valence-corrected chi connectivity index (χ3v) is 0.855. The maximum atomic E-state index is 10.4. The molecule has 0 aliphatic rings. The molecular formula is C8H11NO2. The Hall–Kier alpha value is -1.38. The molecule has 0 fully saturated rings. The zero-order valence-corrected chi connectivity index (χ0v) is 6.65. The Morgan fingerprint density at radius 2 is 2.09 bits per heavy atom. The lowest BCUT2D eigenvalue weighted by Gasteiger charge is -1.84. The van der Waals surface area contributed by atoms with Crippen molar-refractivity contribution in [1.82, 2.24) is 0 Å². The summed E-state index contributed by atoms with van der Waals surface area (Å²) in [5.74, 6) is 0. The summed E-state index contributed by atoms with van der Waals surface area (Å²) >= 11 is 0. The van der Waals surface area contributed by atoms with Crippen molar-refractivity contribution in [3.63, 3.8) is 0 Å². The highest BCUT2D eigenvalue weighted by Gasteiger charge is 1.87. The number of hydrogen-bond acceptors (Lipinski definition) is 2. The molecule has 0 spiro atoms. The van der Waals surface area contributed by atoms with Gasteiger partial charge in [-0.1, -0.05) is 18.2 Å². The summed E-state index contributed by atoms with van der Waals surface area (Å²) in [6.07, 6.45) is 7.93. The van der Waals surface area contributed by atoms with Crippen molar-refractivity contribution in [3.05, 3.63) is 24.3 Å². The zero-order valence-electron chi connectivity index (χ0n) is 6.65. The monoisotopic (exact) mass is 153 g/mol. The summed E-state index contributed by atoms with van der Waals surface area (Å²) in [6, 6.07) is 0. The van der Waals surface area contributed by atoms with Crippen LogP contribution in [0.4, 0.5) is 4.79 Å². The van der Waals surface area contributed by atoms with Crippen LogP contribution in [0.25, 0.3) is 0 Å². The Morgan fingerprint density at radius 1 is 1.36 bits per heavy atom. The predicted octanol–water partition coefficient (Wildman–Crippen LogP) is 1.96. The Kier molecular flexibility index (Phi) is 5.89. The molecule has 0 aromatic rings. The van der Waals surface area contributed by atoms with Gasteiger partial charge < -0.3 is 4.74 Å². The third-order valence-electron chi connectivity index (χ3n) is 0.855. The molecule has 0 heterocycles. The lowest BCUT2D eigenvalue weighted by molar-refractivity contribution is 0.183. The number of methoxy groups -OCH3 is 1. The van der Waals surface area contributed by atoms with E-state index in [2.05, 4.69) is 9.73 Å². The van der Waals surface area contributed by atoms with E-state index in [0.717, 1.165) is 0 Å². The molecule has 0 N–H and O–H groups in total. The van der Waals surface area contributed by atoms with Gasteiger partial charge in [0.05, 0.1) is 7.11 Å². The standard InChI is InChI=1S/C8H11NO2/c1-3-4-5-6-7-9-8(10)11-2/h3-7H,1-2H3/b4-3-,6-5-,9-7+. The van der Waals surface area contributed by atoms with Crippen molar-refractivity contribution in [2.24, 2.45) is 4.99 Å². The second-order valence-corrected chi connectivity index (χ2v) is 1.66. The number of ether oxygens (including phenoxy) is 1. The van der Waals surface area contributed by atoms with Crippen molar-refractivity contribution < 1.29 is 9.53 Å². The maximum Gasteiger partial charge on any atom is 0.433 e. The van der Waals surface area contributed by atoms with Gasteiger partial charge in [0.15, 0.2) is 0 Å². The predicted molar refractivity (Wildman–Crippen MR) is 44.9 cm³/mol. The molecule has 60 valence electrons. The van der Waals surface area contributed by atoms with Crippen LogP contribution in [0.2, 0.25) is 0 Å². The summed E-state index contributed by atoms with van der Waals surface area (Å²) in [5.41, 5.74) is 0. The average Bonchev–Trinajstić information content (AvgIpc) is 2.04. The van der Waals surface area contributed by atoms with Crippen LogP contribution in [0.5, 0.6) is 0 Å². The largest absolute Gasteiger partial charge is 0.451 e. The molecular weight excluding hydrogens is 142 g/mol. The molecule has 0 aromatic heterocycles. The van der Waals surface area contributed by atoms with Gasteiger partial charge in [0.1, 0.15) is 0 Å². The number of hydrogen-bond donors (Lipinski definition) is 0. The normalized spacial score (nSPS) is 11.8. The van der Waals surface area contributed by atoms with Gasteiger partial charge in [0, 0.05) is 6.21 Å². The fraction of sp³-hybridized carbons (Fsp3) is 0.250. The number of nitrogens with zero attached hydrogens (tertiary/aromatic N) is 1. The fourth-order valence-electron chi connectivity index (χ4n) is 0.382. The van der Waals surface area contributed by atoms with Crippen molar-refractivity contribution in [2.75, 3.05) is 7.11 Å². The number of carbonyl (C=O) groups is 1. The van der Waals surface area contributed by atoms with E-state index >= 15 is 0 Å². The van der Waals surface area contributed by atoms with E-state index in [9.17, 15) is 4.79 Å². The van der Waals surface area contributed by atoms with Crippen LogP contribution in [0.3, 0.4) is 0 Å². The lowest BCUT2D eigenvalue weighted by Crippen LogP contribution is -1.91. The molecule has 0 aromatic carbocycles. The number of carbonyl (C=O) groups excluding carboxylic acids is 1. The van der Waals surface area contributed by atoms with Crippen LogP contribution in [0, 0.1) is 0 Å². The molecule has 0 rings (SSSR count). The first-order valence-corrected chi connectivity index (χ1v) is 3.21. The van der Waals surface area contributed by atoms with Crippen molar-refractivity contribution >= 4 is 12.3 Å². The molecule has 0 saturated carbocycles. The molecule has 0 aliphatic carbocycles. The minimum atomic E-state index is -0.588. The van der Waals surface area contributed by atoms with Crippen molar-refractivity contribution in [1.29, 1.82) is 0 Å². The summed E-state index contributed by atoms with van der Waals surface area (Å²) in [5, 5.41) is 0. The minimum Gasteiger partial charge on any atom is -0.451 e. The maximum absolute atomic E-state index is 10.4. The first-order chi connectivity index (χ1) is 5.31. The Bertz CT molecular complexity index is 192. The van der Waals surface area contributed by atoms with Gasteiger partial charge in [0.25, 0.3) is 0 Å². The second kappa shape index (κ2) is 6.74. The molecule has 0 aliphatic heterocycles. The van der Waals surface area contributed by atoms with Crippen LogP contribution in [-0.2, 0) is 4.74 Å². The first-order valence-electron chi connectivity index (χ1n) is 3.21. The van der Waals surface area contributed by atoms with Gasteiger partial charge in [0.2, 0.25) is 0 Å². The van der Waals surface area contributed by atoms with Crippen LogP contribution < -0.4 is 0 Å². The molecule has 0 bridgehead atoms. The van der Waals surface area contributed by atoms with Crippen LogP contribution in [0.15, 0.2) is 29.3 Å². The van der Waals surface area contributed by atoms with E-state index in [1.54, 1.807) is 12.2 Å². The highest BCUT2D eigenvalue weighted by atomic mass is 16.5. The van der Waals surface area contributed by atoms with Gasteiger partial charge in [-0.25, -0.2) is 4.79 Å². The van der Waals surface area contributed by atoms with Gasteiger partial charge >= 0.3 is 6.09 Å². The van der Waals surface area contributed by atoms with E-state index < -0.39 is 6.09 Å². The molecule has 3 nitrogen and oxygen atoms in total. The minimum absolute atomic E-state index is 0.588. The Balaban J connectivity index is 3.68. The van der Waals surface area contributed by atoms with Gasteiger partial charge in [-0.15, -0.1) is 0 Å². The lowest BCUT2D eigenvalue weighted by atomic mass is 10.4. The van der Waals surface area contributed by atoms with Crippen LogP contribution in [0.1, 0.15) is 6.92 Å². The summed E-state index contributed by atoms with van der Waals surface area (Å²) < 4.78 is 4.27. The van der Waals surface area contributed by atoms with Crippen molar-refractivity contribution in [2.45, 2.75) is 6.92 Å². The number of aliphatic imine (C=N–C) groups is 1. The fourth-order valence-corrected chi connectivity index (χ4v) is 0.382. The topological polar surface area (TPSA) is 38.7 Å². The third kappa shape index (κ3) is 6.51. The molecule has 0 radical (unpaired) electrons. The number of rotatable bonds is 2. The quantitative estimate of drug-likeness (QED) is 0.449. The average molecular weight is 153 g/mol. The number of allylic oxidation sites excluding steroid dienone is 4. The van der Waals surface area contributed by atoms with E-state index in [1.165, 1.54) is 13.3 Å². The molecule has 11 heavy (non-hydrogen) atoms. The van der Waals surface area contributed by atoms with E-state index in [-0.39, 0.29) is 0 Å². The van der Waals surface area contributed by atoms with Crippen LogP contribution in [-0.4, -0.2) is 19.4 Å². The SMILES string of the molecule is C\C=C/C=C\C=N\C(=O)OC. The summed E-state index contributed by atoms with van der Waals surface area (Å²) in [4.78, 5) is 13.8. The van der Waals surface area contributed by atoms with Gasteiger partial charge in [-0.2, -0.15) is 4.99 Å². The Morgan fingerprint density at radius 3 is 2.64 bits per heavy atom. The number of amides is 1. The molecule has 1 amide bonds. The Labute approximate surface area is 66.1 Å². The highest BCUT2D eigenvalue weighted by Crippen LogP contribution is 1.78. The first kappa shape index (κ1) is 9.62. The molecule has 0 unspecified atom stereocenters. The second-order valence-electron chi connectivity index (χ2n) is 1.66. The molecule has 3 heteroatoms. The van der Waals surface area contributed by atoms with Gasteiger partial charge in [-0.3, -0.25) is 0 Å². The van der Waals surface area contributed by atoms with E-state index in [0.29, 0.717) is 0 Å². The zero-order chi connectivity index (χ0) is 8.53. The molecule has 0 atom stereocenters. The van der Waals surface area contributed by atoms with Gasteiger partial charge in [-0.05, 0) is 13.0 Å². The van der Waals surface area contributed by atoms with E-state index in [1.807, 2.05) is 19.1 Å². The smallest absolute Gasteiger partial charge is 0.433 e. The molecule has 0 saturated heterocycles. The summed E-state index contributed by atoms with van der Waals surface area (Å²) in [7, 11) is 1.29. The van der Waals surface area contributed by atoms with Crippen LogP contribution >= 0.6 is 0 Å². The summed E-state index contributed by atoms with van der Waals surface area (Å²) in [6.45, 7) is 1.90. The van der Waals surface area contributed by atoms with E-state index in [4.69, 9.17) is 0 Å². The van der Waals surface area contributed by atoms with Crippen molar-refractivity contribution in [3.8, 4) is 0 Å².